The van der Waals surface area contributed by atoms with Crippen molar-refractivity contribution < 1.29 is 9.84 Å². The van der Waals surface area contributed by atoms with E-state index in [0.29, 0.717) is 25.2 Å². The molecule has 30 heavy (non-hydrogen) atoms. The molecule has 0 aliphatic heterocycles. The van der Waals surface area contributed by atoms with Crippen LogP contribution < -0.4 is 15.4 Å². The lowest BCUT2D eigenvalue weighted by atomic mass is 9.98. The number of rotatable bonds is 8. The molecule has 2 aromatic rings. The van der Waals surface area contributed by atoms with Crippen LogP contribution in [0.5, 0.6) is 5.75 Å². The molecule has 1 aromatic carbocycles. The Morgan fingerprint density at radius 2 is 1.97 bits per heavy atom. The van der Waals surface area contributed by atoms with E-state index in [0.717, 1.165) is 36.3 Å². The van der Waals surface area contributed by atoms with E-state index < -0.39 is 5.60 Å². The molecule has 3 N–H and O–H groups in total. The summed E-state index contributed by atoms with van der Waals surface area (Å²) in [5.41, 5.74) is 0.840. The van der Waals surface area contributed by atoms with E-state index in [4.69, 9.17) is 4.74 Å². The molecule has 0 amide bonds. The maximum absolute atomic E-state index is 10.8. The van der Waals surface area contributed by atoms with Crippen LogP contribution in [0.1, 0.15) is 57.1 Å². The minimum absolute atomic E-state index is 0.332. The molecule has 1 saturated carbocycles. The van der Waals surface area contributed by atoms with Crippen LogP contribution in [0.2, 0.25) is 0 Å². The molecule has 0 saturated heterocycles. The number of aromatic nitrogens is 2. The van der Waals surface area contributed by atoms with Crippen molar-refractivity contribution in [2.45, 2.75) is 64.2 Å². The minimum Gasteiger partial charge on any atom is -0.490 e. The lowest BCUT2D eigenvalue weighted by Crippen LogP contribution is -2.44. The standard InChI is InChI=1S/C23H35N5O2/c1-4-24-22(26-17-23(2,29)19-15-27-28(3)16-19)25-14-18-10-12-21(13-11-18)30-20-8-6-5-7-9-20/h10-13,15-16,20,29H,4-9,14,17H2,1-3H3,(H2,24,25,26). The van der Waals surface area contributed by atoms with Gasteiger partial charge in [0.25, 0.3) is 0 Å². The molecule has 7 nitrogen and oxygen atoms in total. The maximum atomic E-state index is 10.8. The van der Waals surface area contributed by atoms with Crippen LogP contribution in [0.25, 0.3) is 0 Å². The molecule has 1 heterocycles. The zero-order valence-corrected chi connectivity index (χ0v) is 18.4. The van der Waals surface area contributed by atoms with E-state index >= 15 is 0 Å². The molecule has 164 valence electrons. The van der Waals surface area contributed by atoms with Gasteiger partial charge in [-0.15, -0.1) is 0 Å². The first kappa shape index (κ1) is 22.2. The quantitative estimate of drug-likeness (QED) is 0.458. The SMILES string of the molecule is CCNC(=NCc1ccc(OC2CCCCC2)cc1)NCC(C)(O)c1cnn(C)c1. The van der Waals surface area contributed by atoms with Gasteiger partial charge in [-0.25, -0.2) is 4.99 Å². The number of hydrogen-bond donors (Lipinski definition) is 3. The molecule has 7 heteroatoms. The molecule has 1 aromatic heterocycles. The van der Waals surface area contributed by atoms with Gasteiger partial charge in [0.05, 0.1) is 25.4 Å². The zero-order chi connectivity index (χ0) is 21.4. The van der Waals surface area contributed by atoms with Gasteiger partial charge in [-0.2, -0.15) is 5.10 Å². The summed E-state index contributed by atoms with van der Waals surface area (Å²) in [6, 6.07) is 8.20. The number of hydrogen-bond acceptors (Lipinski definition) is 4. The highest BCUT2D eigenvalue weighted by atomic mass is 16.5. The fourth-order valence-electron chi connectivity index (χ4n) is 3.62. The Morgan fingerprint density at radius 3 is 2.60 bits per heavy atom. The number of guanidine groups is 1. The van der Waals surface area contributed by atoms with Gasteiger partial charge >= 0.3 is 0 Å². The Hall–Kier alpha value is -2.54. The molecule has 3 rings (SSSR count). The fourth-order valence-corrected chi connectivity index (χ4v) is 3.62. The number of aliphatic hydroxyl groups is 1. The van der Waals surface area contributed by atoms with Gasteiger partial charge in [-0.3, -0.25) is 4.68 Å². The molecule has 1 aliphatic carbocycles. The summed E-state index contributed by atoms with van der Waals surface area (Å²) in [6.07, 6.45) is 10.1. The van der Waals surface area contributed by atoms with E-state index in [1.54, 1.807) is 17.8 Å². The number of ether oxygens (including phenoxy) is 1. The monoisotopic (exact) mass is 413 g/mol. The lowest BCUT2D eigenvalue weighted by molar-refractivity contribution is 0.0616. The maximum Gasteiger partial charge on any atom is 0.191 e. The molecule has 1 atom stereocenters. The minimum atomic E-state index is -1.04. The highest BCUT2D eigenvalue weighted by Gasteiger charge is 2.25. The molecule has 1 fully saturated rings. The van der Waals surface area contributed by atoms with Crippen LogP contribution >= 0.6 is 0 Å². The molecule has 0 bridgehead atoms. The second-order valence-electron chi connectivity index (χ2n) is 8.25. The lowest BCUT2D eigenvalue weighted by Gasteiger charge is -2.24. The molecular formula is C23H35N5O2. The Bertz CT molecular complexity index is 807. The summed E-state index contributed by atoms with van der Waals surface area (Å²) in [5.74, 6) is 1.61. The second-order valence-corrected chi connectivity index (χ2v) is 8.25. The van der Waals surface area contributed by atoms with E-state index in [9.17, 15) is 5.11 Å². The summed E-state index contributed by atoms with van der Waals surface area (Å²) in [4.78, 5) is 4.65. The average Bonchev–Trinajstić information content (AvgIpc) is 3.19. The third-order valence-corrected chi connectivity index (χ3v) is 5.47. The number of aliphatic imine (C=N–C) groups is 1. The highest BCUT2D eigenvalue weighted by molar-refractivity contribution is 5.79. The molecule has 1 unspecified atom stereocenters. The Labute approximate surface area is 179 Å². The largest absolute Gasteiger partial charge is 0.490 e. The first-order valence-electron chi connectivity index (χ1n) is 11.0. The molecule has 1 aliphatic rings. The van der Waals surface area contributed by atoms with E-state index in [1.165, 1.54) is 19.3 Å². The number of nitrogens with one attached hydrogen (secondary N) is 2. The van der Waals surface area contributed by atoms with Crippen LogP contribution in [-0.2, 0) is 19.2 Å². The van der Waals surface area contributed by atoms with E-state index in [2.05, 4.69) is 32.9 Å². The van der Waals surface area contributed by atoms with Crippen LogP contribution in [0.3, 0.4) is 0 Å². The van der Waals surface area contributed by atoms with Gasteiger partial charge in [0.15, 0.2) is 5.96 Å². The normalized spacial score (nSPS) is 17.4. The predicted octanol–water partition coefficient (Wildman–Crippen LogP) is 3.09. The van der Waals surface area contributed by atoms with Gasteiger partial charge in [0.1, 0.15) is 11.4 Å². The summed E-state index contributed by atoms with van der Waals surface area (Å²) in [5, 5.41) is 21.4. The first-order valence-corrected chi connectivity index (χ1v) is 11.0. The number of benzene rings is 1. The summed E-state index contributed by atoms with van der Waals surface area (Å²) >= 11 is 0. The van der Waals surface area contributed by atoms with Crippen molar-refractivity contribution in [2.75, 3.05) is 13.1 Å². The van der Waals surface area contributed by atoms with Crippen LogP contribution in [0.15, 0.2) is 41.7 Å². The van der Waals surface area contributed by atoms with Gasteiger partial charge in [0.2, 0.25) is 0 Å². The predicted molar refractivity (Wildman–Crippen MR) is 120 cm³/mol. The topological polar surface area (TPSA) is 83.7 Å². The summed E-state index contributed by atoms with van der Waals surface area (Å²) in [6.45, 7) is 5.42. The van der Waals surface area contributed by atoms with Gasteiger partial charge < -0.3 is 20.5 Å². The Kier molecular flexibility index (Phi) is 7.74. The smallest absolute Gasteiger partial charge is 0.191 e. The first-order chi connectivity index (χ1) is 14.5. The van der Waals surface area contributed by atoms with Crippen molar-refractivity contribution in [1.82, 2.24) is 20.4 Å². The summed E-state index contributed by atoms with van der Waals surface area (Å²) in [7, 11) is 1.84. The molecular weight excluding hydrogens is 378 g/mol. The Balaban J connectivity index is 1.54. The van der Waals surface area contributed by atoms with Gasteiger partial charge in [0, 0.05) is 25.4 Å². The van der Waals surface area contributed by atoms with Crippen molar-refractivity contribution in [3.63, 3.8) is 0 Å². The third-order valence-electron chi connectivity index (χ3n) is 5.47. The van der Waals surface area contributed by atoms with Gasteiger partial charge in [-0.1, -0.05) is 18.6 Å². The van der Waals surface area contributed by atoms with Crippen molar-refractivity contribution in [1.29, 1.82) is 0 Å². The zero-order valence-electron chi connectivity index (χ0n) is 18.4. The molecule has 0 spiro atoms. The highest BCUT2D eigenvalue weighted by Crippen LogP contribution is 2.23. The number of aryl methyl sites for hydroxylation is 1. The van der Waals surface area contributed by atoms with Crippen molar-refractivity contribution in [2.24, 2.45) is 12.0 Å². The van der Waals surface area contributed by atoms with E-state index in [1.807, 2.05) is 32.3 Å². The number of nitrogens with zero attached hydrogens (tertiary/aromatic N) is 3. The van der Waals surface area contributed by atoms with Crippen LogP contribution in [-0.4, -0.2) is 40.0 Å². The van der Waals surface area contributed by atoms with Crippen molar-refractivity contribution >= 4 is 5.96 Å². The van der Waals surface area contributed by atoms with Crippen molar-refractivity contribution in [3.8, 4) is 5.75 Å². The second kappa shape index (κ2) is 10.5. The van der Waals surface area contributed by atoms with E-state index in [-0.39, 0.29) is 0 Å². The summed E-state index contributed by atoms with van der Waals surface area (Å²) < 4.78 is 7.78. The van der Waals surface area contributed by atoms with Crippen molar-refractivity contribution in [3.05, 3.63) is 47.8 Å². The third kappa shape index (κ3) is 6.49. The molecule has 0 radical (unpaired) electrons. The average molecular weight is 414 g/mol. The Morgan fingerprint density at radius 1 is 1.23 bits per heavy atom. The van der Waals surface area contributed by atoms with Crippen LogP contribution in [0.4, 0.5) is 0 Å². The van der Waals surface area contributed by atoms with Gasteiger partial charge in [-0.05, 0) is 57.2 Å². The van der Waals surface area contributed by atoms with Crippen LogP contribution in [0, 0.1) is 0 Å². The fraction of sp³-hybridized carbons (Fsp3) is 0.565.